The minimum Gasteiger partial charge on any atom is -0.443 e. The first-order valence-electron chi connectivity index (χ1n) is 8.68. The fourth-order valence-electron chi connectivity index (χ4n) is 3.04. The molecule has 1 amide bonds. The van der Waals surface area contributed by atoms with Crippen LogP contribution in [0.15, 0.2) is 36.5 Å². The maximum absolute atomic E-state index is 14.7. The van der Waals surface area contributed by atoms with Crippen molar-refractivity contribution >= 4 is 11.8 Å². The van der Waals surface area contributed by atoms with Gasteiger partial charge in [0.1, 0.15) is 17.6 Å². The molecule has 0 saturated carbocycles. The highest BCUT2D eigenvalue weighted by atomic mass is 19.1. The van der Waals surface area contributed by atoms with Gasteiger partial charge >= 0.3 is 6.09 Å². The smallest absolute Gasteiger partial charge is 0.414 e. The van der Waals surface area contributed by atoms with Crippen molar-refractivity contribution in [2.45, 2.75) is 6.10 Å². The van der Waals surface area contributed by atoms with Crippen LogP contribution in [0.4, 0.5) is 14.9 Å². The summed E-state index contributed by atoms with van der Waals surface area (Å²) in [5.74, 6) is -0.0527. The van der Waals surface area contributed by atoms with Gasteiger partial charge in [-0.3, -0.25) is 9.88 Å². The maximum atomic E-state index is 14.7. The number of cyclic esters (lactones) is 1. The van der Waals surface area contributed by atoms with Gasteiger partial charge in [0.15, 0.2) is 0 Å². The molecule has 0 bridgehead atoms. The number of ether oxygens (including phenoxy) is 1. The van der Waals surface area contributed by atoms with Gasteiger partial charge in [-0.2, -0.15) is 4.80 Å². The Balaban J connectivity index is 1.56. The van der Waals surface area contributed by atoms with E-state index in [4.69, 9.17) is 4.74 Å². The van der Waals surface area contributed by atoms with Crippen LogP contribution in [0.3, 0.4) is 0 Å². The summed E-state index contributed by atoms with van der Waals surface area (Å²) < 4.78 is 20.0. The number of benzene rings is 1. The molecule has 0 aliphatic carbocycles. The van der Waals surface area contributed by atoms with E-state index in [9.17, 15) is 9.18 Å². The minimum absolute atomic E-state index is 0.258. The summed E-state index contributed by atoms with van der Waals surface area (Å²) in [4.78, 5) is 19.1. The molecule has 1 atom stereocenters. The van der Waals surface area contributed by atoms with E-state index >= 15 is 0 Å². The molecule has 0 spiro atoms. The Morgan fingerprint density at radius 3 is 2.82 bits per heavy atom. The number of pyridine rings is 1. The van der Waals surface area contributed by atoms with Gasteiger partial charge in [-0.1, -0.05) is 6.07 Å². The Bertz CT molecular complexity index is 1010. The van der Waals surface area contributed by atoms with E-state index in [1.165, 1.54) is 15.8 Å². The largest absolute Gasteiger partial charge is 0.443 e. The fraction of sp³-hybridized carbons (Fsp3) is 0.278. The zero-order valence-corrected chi connectivity index (χ0v) is 15.3. The highest BCUT2D eigenvalue weighted by Gasteiger charge is 2.32. The van der Waals surface area contributed by atoms with Crippen LogP contribution in [0, 0.1) is 5.82 Å². The lowest BCUT2D eigenvalue weighted by Crippen LogP contribution is -2.29. The lowest BCUT2D eigenvalue weighted by molar-refractivity contribution is 0.141. The van der Waals surface area contributed by atoms with Crippen molar-refractivity contribution in [1.82, 2.24) is 30.5 Å². The van der Waals surface area contributed by atoms with Crippen molar-refractivity contribution in [2.75, 3.05) is 25.0 Å². The van der Waals surface area contributed by atoms with Crippen molar-refractivity contribution in [3.8, 4) is 22.6 Å². The third-order valence-electron chi connectivity index (χ3n) is 4.38. The topological polar surface area (TPSA) is 98.1 Å². The Labute approximate surface area is 160 Å². The van der Waals surface area contributed by atoms with Crippen LogP contribution < -0.4 is 10.2 Å². The van der Waals surface area contributed by atoms with E-state index in [-0.39, 0.29) is 6.10 Å². The molecule has 1 aromatic carbocycles. The number of hydrogen-bond acceptors (Lipinski definition) is 7. The summed E-state index contributed by atoms with van der Waals surface area (Å²) in [5, 5.41) is 14.7. The first kappa shape index (κ1) is 18.0. The van der Waals surface area contributed by atoms with Crippen LogP contribution >= 0.6 is 0 Å². The highest BCUT2D eigenvalue weighted by molar-refractivity contribution is 5.90. The number of likely N-dealkylation sites (N-methyl/N-ethyl adjacent to an activating group) is 1. The Morgan fingerprint density at radius 1 is 1.32 bits per heavy atom. The second-order valence-corrected chi connectivity index (χ2v) is 6.37. The van der Waals surface area contributed by atoms with Crippen LogP contribution in [0.25, 0.3) is 22.6 Å². The van der Waals surface area contributed by atoms with Crippen molar-refractivity contribution < 1.29 is 13.9 Å². The first-order valence-corrected chi connectivity index (χ1v) is 8.68. The monoisotopic (exact) mass is 383 g/mol. The molecular weight excluding hydrogens is 365 g/mol. The Morgan fingerprint density at radius 2 is 2.18 bits per heavy atom. The van der Waals surface area contributed by atoms with Crippen molar-refractivity contribution in [3.63, 3.8) is 0 Å². The number of carbonyl (C=O) groups excluding carboxylic acids is 1. The zero-order chi connectivity index (χ0) is 19.7. The maximum Gasteiger partial charge on any atom is 0.414 e. The molecule has 28 heavy (non-hydrogen) atoms. The van der Waals surface area contributed by atoms with E-state index < -0.39 is 11.9 Å². The lowest BCUT2D eigenvalue weighted by atomic mass is 10.1. The standard InChI is InChI=1S/C18H18FN7O2/c1-20-9-13-10-26(18(27)28-13)12-4-5-14(15(19)7-12)11-3-6-16(21-8-11)17-22-24-25(2)23-17/h3-8,13,20H,9-10H2,1-2H3/t13-/m1/s1. The number of nitrogens with zero attached hydrogens (tertiary/aromatic N) is 6. The number of anilines is 1. The average Bonchev–Trinajstić information content (AvgIpc) is 3.28. The van der Waals surface area contributed by atoms with Crippen LogP contribution in [0.1, 0.15) is 0 Å². The summed E-state index contributed by atoms with van der Waals surface area (Å²) >= 11 is 0. The normalized spacial score (nSPS) is 16.5. The van der Waals surface area contributed by atoms with Gasteiger partial charge in [-0.15, -0.1) is 10.2 Å². The van der Waals surface area contributed by atoms with Crippen LogP contribution in [-0.4, -0.2) is 57.5 Å². The summed E-state index contributed by atoms with van der Waals surface area (Å²) in [5.41, 5.74) is 1.99. The summed E-state index contributed by atoms with van der Waals surface area (Å²) in [6.07, 6.45) is 0.818. The molecular formula is C18H18FN7O2. The molecule has 0 unspecified atom stereocenters. The highest BCUT2D eigenvalue weighted by Crippen LogP contribution is 2.29. The van der Waals surface area contributed by atoms with Gasteiger partial charge in [-0.25, -0.2) is 9.18 Å². The van der Waals surface area contributed by atoms with Crippen molar-refractivity contribution in [1.29, 1.82) is 0 Å². The number of carbonyl (C=O) groups is 1. The molecule has 1 fully saturated rings. The number of hydrogen-bond donors (Lipinski definition) is 1. The SMILES string of the molecule is CNC[C@@H]1CN(c2ccc(-c3ccc(-c4nnn(C)n4)nc3)c(F)c2)C(=O)O1. The van der Waals surface area contributed by atoms with Crippen LogP contribution in [0.5, 0.6) is 0 Å². The van der Waals surface area contributed by atoms with Gasteiger partial charge in [0.2, 0.25) is 5.82 Å². The summed E-state index contributed by atoms with van der Waals surface area (Å²) in [6, 6.07) is 8.10. The molecule has 10 heteroatoms. The third kappa shape index (κ3) is 3.41. The van der Waals surface area contributed by atoms with Gasteiger partial charge in [0, 0.05) is 23.9 Å². The molecule has 1 aliphatic heterocycles. The number of rotatable bonds is 5. The van der Waals surface area contributed by atoms with E-state index in [0.717, 1.165) is 0 Å². The molecule has 144 valence electrons. The lowest BCUT2D eigenvalue weighted by Gasteiger charge is -2.14. The number of nitrogens with one attached hydrogen (secondary N) is 1. The van der Waals surface area contributed by atoms with Crippen molar-refractivity contribution in [2.24, 2.45) is 7.05 Å². The van der Waals surface area contributed by atoms with E-state index in [0.29, 0.717) is 41.4 Å². The zero-order valence-electron chi connectivity index (χ0n) is 15.3. The van der Waals surface area contributed by atoms with Gasteiger partial charge in [-0.05, 0) is 36.5 Å². The number of aromatic nitrogens is 5. The molecule has 1 N–H and O–H groups in total. The van der Waals surface area contributed by atoms with Gasteiger partial charge in [0.05, 0.1) is 19.3 Å². The van der Waals surface area contributed by atoms with E-state index in [2.05, 4.69) is 25.7 Å². The summed E-state index contributed by atoms with van der Waals surface area (Å²) in [7, 11) is 3.45. The van der Waals surface area contributed by atoms with Crippen LogP contribution in [-0.2, 0) is 11.8 Å². The number of halogens is 1. The van der Waals surface area contributed by atoms with Crippen LogP contribution in [0.2, 0.25) is 0 Å². The molecule has 3 heterocycles. The van der Waals surface area contributed by atoms with E-state index in [1.807, 2.05) is 0 Å². The molecule has 3 aromatic rings. The van der Waals surface area contributed by atoms with Gasteiger partial charge < -0.3 is 10.1 Å². The fourth-order valence-corrected chi connectivity index (χ4v) is 3.04. The second kappa shape index (κ2) is 7.31. The predicted octanol–water partition coefficient (Wildman–Crippen LogP) is 1.62. The molecule has 4 rings (SSSR count). The minimum atomic E-state index is -0.477. The second-order valence-electron chi connectivity index (χ2n) is 6.37. The Kier molecular flexibility index (Phi) is 4.70. The quantitative estimate of drug-likeness (QED) is 0.715. The molecule has 2 aromatic heterocycles. The molecule has 1 aliphatic rings. The molecule has 0 radical (unpaired) electrons. The Hall–Kier alpha value is -3.40. The van der Waals surface area contributed by atoms with Crippen molar-refractivity contribution in [3.05, 3.63) is 42.3 Å². The predicted molar refractivity (Wildman–Crippen MR) is 99.0 cm³/mol. The number of tetrazole rings is 1. The molecule has 9 nitrogen and oxygen atoms in total. The van der Waals surface area contributed by atoms with Gasteiger partial charge in [0.25, 0.3) is 0 Å². The van der Waals surface area contributed by atoms with E-state index in [1.54, 1.807) is 44.6 Å². The first-order chi connectivity index (χ1) is 13.5. The number of aryl methyl sites for hydroxylation is 1. The third-order valence-corrected chi connectivity index (χ3v) is 4.38. The molecule has 1 saturated heterocycles. The number of amides is 1. The average molecular weight is 383 g/mol. The summed E-state index contributed by atoms with van der Waals surface area (Å²) in [6.45, 7) is 0.918.